The Hall–Kier alpha value is -4.95. The number of aliphatic carboxylic acids is 1. The van der Waals surface area contributed by atoms with E-state index in [2.05, 4.69) is 0 Å². The molecule has 5 fully saturated rings. The van der Waals surface area contributed by atoms with Crippen molar-refractivity contribution < 1.29 is 71.8 Å². The number of rotatable bonds is 23. The number of hydrogen-bond acceptors (Lipinski definition) is 14. The van der Waals surface area contributed by atoms with Crippen LogP contribution in [0.15, 0.2) is 152 Å². The van der Waals surface area contributed by atoms with Crippen LogP contribution in [0, 0.1) is 5.92 Å². The van der Waals surface area contributed by atoms with Gasteiger partial charge in [-0.25, -0.2) is 4.79 Å². The number of carbonyl (C=O) groups is 1. The summed E-state index contributed by atoms with van der Waals surface area (Å²) in [5.41, 5.74) is 4.66. The fraction of sp³-hybridized carbons (Fsp3) is 0.500. The Morgan fingerprint density at radius 3 is 1.74 bits per heavy atom. The molecule has 2 N–H and O–H groups in total. The van der Waals surface area contributed by atoms with Crippen molar-refractivity contribution in [2.24, 2.45) is 5.92 Å². The summed E-state index contributed by atoms with van der Waals surface area (Å²) in [6.45, 7) is 3.49. The van der Waals surface area contributed by atoms with Crippen molar-refractivity contribution >= 4 is 5.97 Å². The number of aliphatic hydroxyl groups excluding tert-OH is 1. The van der Waals surface area contributed by atoms with Crippen molar-refractivity contribution in [1.82, 2.24) is 0 Å². The molecule has 5 aliphatic rings. The second-order valence-electron chi connectivity index (χ2n) is 20.8. The second kappa shape index (κ2) is 27.8. The van der Waals surface area contributed by atoms with Crippen molar-refractivity contribution in [3.63, 3.8) is 0 Å². The Labute approximate surface area is 451 Å². The van der Waals surface area contributed by atoms with Crippen molar-refractivity contribution in [2.45, 2.75) is 170 Å². The van der Waals surface area contributed by atoms with E-state index in [9.17, 15) is 15.0 Å². The number of hydrogen-bond donors (Lipinski definition) is 2. The van der Waals surface area contributed by atoms with Crippen molar-refractivity contribution in [3.8, 4) is 0 Å². The minimum atomic E-state index is -1.50. The first-order valence-corrected chi connectivity index (χ1v) is 27.5. The summed E-state index contributed by atoms with van der Waals surface area (Å²) in [6.07, 6.45) is -8.20. The molecule has 412 valence electrons. The predicted octanol–water partition coefficient (Wildman–Crippen LogP) is 9.27. The molecular formula is C62H74O15. The molecule has 0 aromatic heterocycles. The molecule has 0 radical (unpaired) electrons. The van der Waals surface area contributed by atoms with E-state index in [-0.39, 0.29) is 39.0 Å². The van der Waals surface area contributed by atoms with Crippen LogP contribution >= 0.6 is 0 Å². The molecule has 1 saturated carbocycles. The van der Waals surface area contributed by atoms with E-state index in [1.165, 1.54) is 0 Å². The highest BCUT2D eigenvalue weighted by molar-refractivity contribution is 5.72. The second-order valence-corrected chi connectivity index (χ2v) is 20.8. The van der Waals surface area contributed by atoms with Crippen LogP contribution in [0.25, 0.3) is 0 Å². The number of fused-ring (bicyclic) bond motifs is 1. The minimum absolute atomic E-state index is 0.0623. The lowest BCUT2D eigenvalue weighted by Crippen LogP contribution is -2.65. The Morgan fingerprint density at radius 1 is 0.584 bits per heavy atom. The largest absolute Gasteiger partial charge is 0.479 e. The molecule has 15 nitrogen and oxygen atoms in total. The van der Waals surface area contributed by atoms with Gasteiger partial charge in [0.2, 0.25) is 0 Å². The van der Waals surface area contributed by atoms with Gasteiger partial charge in [0, 0.05) is 12.2 Å². The number of benzene rings is 5. The fourth-order valence-electron chi connectivity index (χ4n) is 11.2. The molecule has 15 atom stereocenters. The van der Waals surface area contributed by atoms with Gasteiger partial charge >= 0.3 is 5.97 Å². The molecule has 0 amide bonds. The molecule has 4 aliphatic heterocycles. The van der Waals surface area contributed by atoms with Crippen LogP contribution in [0.2, 0.25) is 0 Å². The fourth-order valence-corrected chi connectivity index (χ4v) is 11.2. The number of aliphatic hydroxyl groups is 1. The van der Waals surface area contributed by atoms with Crippen molar-refractivity contribution in [2.75, 3.05) is 19.8 Å². The van der Waals surface area contributed by atoms with Crippen LogP contribution in [0.3, 0.4) is 0 Å². The average molecular weight is 1060 g/mol. The normalized spacial score (nSPS) is 31.2. The summed E-state index contributed by atoms with van der Waals surface area (Å²) in [5.74, 6) is -0.923. The van der Waals surface area contributed by atoms with E-state index >= 15 is 0 Å². The highest BCUT2D eigenvalue weighted by Crippen LogP contribution is 2.40. The smallest absolute Gasteiger partial charge is 0.332 e. The van der Waals surface area contributed by atoms with Crippen molar-refractivity contribution in [3.05, 3.63) is 179 Å². The zero-order valence-electron chi connectivity index (χ0n) is 43.8. The number of carboxylic acid groups (broad SMARTS) is 1. The van der Waals surface area contributed by atoms with E-state index in [0.29, 0.717) is 26.1 Å². The van der Waals surface area contributed by atoms with E-state index < -0.39 is 98.1 Å². The first-order valence-electron chi connectivity index (χ1n) is 27.5. The lowest BCUT2D eigenvalue weighted by atomic mass is 9.85. The zero-order chi connectivity index (χ0) is 52.8. The Balaban J connectivity index is 0.952. The Morgan fingerprint density at radius 2 is 1.14 bits per heavy atom. The number of carboxylic acids is 1. The van der Waals surface area contributed by atoms with E-state index in [1.54, 1.807) is 0 Å². The lowest BCUT2D eigenvalue weighted by molar-refractivity contribution is -0.387. The Bertz CT molecular complexity index is 2490. The zero-order valence-corrected chi connectivity index (χ0v) is 43.8. The predicted molar refractivity (Wildman–Crippen MR) is 282 cm³/mol. The standard InChI is InChI=1S/C62H74O15/c1-41-53(68-36-44-24-12-4-13-25-44)57(69-37-45-26-14-5-15-27-45)58(70-38-46-28-16-6-17-29-46)62(72-41)76-54-48(32-33-67-50(54)39-66-35-43-22-10-3-11-23-43)74-61-52(63)56(73-49(59(64)65)34-42-20-8-2-9-21-42)55-51(75-61)40-71-60(77-55)47-30-18-7-19-31-47/h3-7,10-19,22-31,41-42,48-58,60-63H,2,8-9,20-21,32-40H2,1H3,(H,64,65)/t41-,48+,49-,50+,51+,52+,53+,54-,55-,56+,57+,58-,60-,61+,62-/m0/s1. The summed E-state index contributed by atoms with van der Waals surface area (Å²) in [7, 11) is 0. The first kappa shape index (κ1) is 55.4. The summed E-state index contributed by atoms with van der Waals surface area (Å²) >= 11 is 0. The highest BCUT2D eigenvalue weighted by Gasteiger charge is 2.55. The van der Waals surface area contributed by atoms with Gasteiger partial charge in [-0.15, -0.1) is 0 Å². The third-order valence-corrected chi connectivity index (χ3v) is 15.3. The van der Waals surface area contributed by atoms with Gasteiger partial charge in [0.1, 0.15) is 54.9 Å². The molecule has 4 heterocycles. The van der Waals surface area contributed by atoms with Gasteiger partial charge in [-0.2, -0.15) is 0 Å². The molecule has 1 aliphatic carbocycles. The third kappa shape index (κ3) is 14.8. The van der Waals surface area contributed by atoms with Gasteiger partial charge in [-0.05, 0) is 47.9 Å². The molecule has 5 aromatic rings. The molecule has 5 aromatic carbocycles. The Kier molecular flexibility index (Phi) is 20.0. The molecule has 0 bridgehead atoms. The van der Waals surface area contributed by atoms with Gasteiger partial charge in [-0.1, -0.05) is 184 Å². The molecular weight excluding hydrogens is 985 g/mol. The molecule has 77 heavy (non-hydrogen) atoms. The summed E-state index contributed by atoms with van der Waals surface area (Å²) in [4.78, 5) is 13.1. The first-order chi connectivity index (χ1) is 37.8. The summed E-state index contributed by atoms with van der Waals surface area (Å²) in [6, 6.07) is 49.2. The maximum Gasteiger partial charge on any atom is 0.332 e. The van der Waals surface area contributed by atoms with Crippen LogP contribution in [0.1, 0.15) is 86.0 Å². The maximum atomic E-state index is 13.1. The quantitative estimate of drug-likeness (QED) is 0.0635. The molecule has 4 saturated heterocycles. The van der Waals surface area contributed by atoms with Crippen LogP contribution < -0.4 is 0 Å². The summed E-state index contributed by atoms with van der Waals surface area (Å²) < 4.78 is 80.8. The summed E-state index contributed by atoms with van der Waals surface area (Å²) in [5, 5.41) is 23.2. The molecule has 15 heteroatoms. The van der Waals surface area contributed by atoms with E-state index in [0.717, 1.165) is 59.9 Å². The van der Waals surface area contributed by atoms with Gasteiger partial charge in [0.15, 0.2) is 25.0 Å². The van der Waals surface area contributed by atoms with Gasteiger partial charge in [0.05, 0.1) is 51.8 Å². The van der Waals surface area contributed by atoms with Gasteiger partial charge < -0.3 is 67.1 Å². The monoisotopic (exact) mass is 1060 g/mol. The minimum Gasteiger partial charge on any atom is -0.479 e. The van der Waals surface area contributed by atoms with E-state index in [4.69, 9.17) is 56.8 Å². The lowest BCUT2D eigenvalue weighted by Gasteiger charge is -2.50. The molecule has 0 unspecified atom stereocenters. The molecule has 0 spiro atoms. The maximum absolute atomic E-state index is 13.1. The van der Waals surface area contributed by atoms with Crippen LogP contribution in [0.4, 0.5) is 0 Å². The van der Waals surface area contributed by atoms with Crippen molar-refractivity contribution in [1.29, 1.82) is 0 Å². The topological polar surface area (TPSA) is 168 Å². The van der Waals surface area contributed by atoms with E-state index in [1.807, 2.05) is 159 Å². The van der Waals surface area contributed by atoms with Gasteiger partial charge in [-0.3, -0.25) is 0 Å². The SMILES string of the molecule is C[C@@H]1O[C@@H](O[C@@H]2[C@@H](COCc3ccccc3)OCC[C@H]2O[C@@H]2O[C@@H]3CO[C@H](c4ccccc4)O[C@@H]3[C@H](O[C@@H](CC3CCCCC3)C(=O)O)[C@H]2O)[C@@H](OCc2ccccc2)[C@H](OCc2ccccc2)[C@@H]1OCc1ccccc1. The average Bonchev–Trinajstić information content (AvgIpc) is 3.50. The van der Waals surface area contributed by atoms with Crippen LogP contribution in [-0.4, -0.2) is 122 Å². The number of ether oxygens (including phenoxy) is 12. The van der Waals surface area contributed by atoms with Gasteiger partial charge in [0.25, 0.3) is 0 Å². The highest BCUT2D eigenvalue weighted by atomic mass is 16.8. The molecule has 10 rings (SSSR count). The van der Waals surface area contributed by atoms with Crippen LogP contribution in [-0.2, 0) is 88.1 Å². The third-order valence-electron chi connectivity index (χ3n) is 15.3. The van der Waals surface area contributed by atoms with Crippen LogP contribution in [0.5, 0.6) is 0 Å².